The quantitative estimate of drug-likeness (QED) is 0.815. The summed E-state index contributed by atoms with van der Waals surface area (Å²) in [6.07, 6.45) is 5.91. The van der Waals surface area contributed by atoms with E-state index < -0.39 is 0 Å². The molecule has 0 unspecified atom stereocenters. The van der Waals surface area contributed by atoms with Gasteiger partial charge in [0, 0.05) is 25.8 Å². The molecule has 0 aliphatic carbocycles. The maximum atomic E-state index is 5.98. The highest BCUT2D eigenvalue weighted by Crippen LogP contribution is 2.16. The second kappa shape index (κ2) is 7.47. The molecule has 6 nitrogen and oxygen atoms in total. The molecule has 1 saturated heterocycles. The Labute approximate surface area is 131 Å². The molecule has 0 bridgehead atoms. The lowest BCUT2D eigenvalue weighted by molar-refractivity contribution is -0.00585. The molecule has 0 spiro atoms. The Morgan fingerprint density at radius 1 is 1.23 bits per heavy atom. The van der Waals surface area contributed by atoms with E-state index in [0.29, 0.717) is 12.7 Å². The van der Waals surface area contributed by atoms with E-state index in [1.54, 1.807) is 6.33 Å². The van der Waals surface area contributed by atoms with Crippen molar-refractivity contribution in [2.75, 3.05) is 13.1 Å². The largest absolute Gasteiger partial charge is 0.372 e. The lowest BCUT2D eigenvalue weighted by Gasteiger charge is -2.31. The van der Waals surface area contributed by atoms with Crippen LogP contribution in [0.5, 0.6) is 0 Å². The molecule has 1 aliphatic rings. The average Bonchev–Trinajstić information content (AvgIpc) is 3.02. The lowest BCUT2D eigenvalue weighted by Crippen LogP contribution is -2.37. The molecule has 0 radical (unpaired) electrons. The number of nitrogens with zero attached hydrogens (tertiary/aromatic N) is 5. The smallest absolute Gasteiger partial charge is 0.140 e. The summed E-state index contributed by atoms with van der Waals surface area (Å²) in [6.45, 7) is 6.54. The molecule has 1 fully saturated rings. The summed E-state index contributed by atoms with van der Waals surface area (Å²) in [6, 6.07) is 5.93. The summed E-state index contributed by atoms with van der Waals surface area (Å²) in [4.78, 5) is 11.1. The molecule has 0 amide bonds. The molecule has 0 aromatic carbocycles. The molecule has 6 heteroatoms. The molecule has 0 atom stereocenters. The van der Waals surface area contributed by atoms with E-state index in [1.807, 2.05) is 29.1 Å². The predicted octanol–water partition coefficient (Wildman–Crippen LogP) is 1.87. The molecular weight excluding hydrogens is 278 g/mol. The SMILES string of the molecule is CCn1ncnc1CN1CCC(OCc2ccccn2)CC1. The first-order valence-electron chi connectivity index (χ1n) is 7.95. The van der Waals surface area contributed by atoms with Crippen LogP contribution in [0.15, 0.2) is 30.7 Å². The maximum absolute atomic E-state index is 5.98. The maximum Gasteiger partial charge on any atom is 0.140 e. The van der Waals surface area contributed by atoms with E-state index in [2.05, 4.69) is 26.9 Å². The lowest BCUT2D eigenvalue weighted by atomic mass is 10.1. The van der Waals surface area contributed by atoms with Crippen molar-refractivity contribution in [3.8, 4) is 0 Å². The van der Waals surface area contributed by atoms with Crippen LogP contribution in [-0.4, -0.2) is 43.8 Å². The first kappa shape index (κ1) is 15.1. The van der Waals surface area contributed by atoms with Gasteiger partial charge in [-0.25, -0.2) is 9.67 Å². The Kier molecular flexibility index (Phi) is 5.13. The van der Waals surface area contributed by atoms with Gasteiger partial charge in [0.25, 0.3) is 0 Å². The number of ether oxygens (including phenoxy) is 1. The van der Waals surface area contributed by atoms with Gasteiger partial charge in [-0.2, -0.15) is 5.10 Å². The number of aryl methyl sites for hydroxylation is 1. The Morgan fingerprint density at radius 3 is 2.82 bits per heavy atom. The minimum atomic E-state index is 0.335. The van der Waals surface area contributed by atoms with Gasteiger partial charge >= 0.3 is 0 Å². The normalized spacial score (nSPS) is 17.0. The zero-order valence-corrected chi connectivity index (χ0v) is 13.1. The molecule has 1 aliphatic heterocycles. The van der Waals surface area contributed by atoms with E-state index in [9.17, 15) is 0 Å². The van der Waals surface area contributed by atoms with Crippen LogP contribution < -0.4 is 0 Å². The Morgan fingerprint density at radius 2 is 2.09 bits per heavy atom. The van der Waals surface area contributed by atoms with E-state index in [4.69, 9.17) is 4.74 Å². The summed E-state index contributed by atoms with van der Waals surface area (Å²) in [5.74, 6) is 1.05. The van der Waals surface area contributed by atoms with E-state index in [1.165, 1.54) is 0 Å². The van der Waals surface area contributed by atoms with Gasteiger partial charge in [0.2, 0.25) is 0 Å². The third kappa shape index (κ3) is 3.90. The van der Waals surface area contributed by atoms with Crippen molar-refractivity contribution >= 4 is 0 Å². The van der Waals surface area contributed by atoms with Crippen LogP contribution in [0.4, 0.5) is 0 Å². The number of aromatic nitrogens is 4. The summed E-state index contributed by atoms with van der Waals surface area (Å²) >= 11 is 0. The monoisotopic (exact) mass is 301 g/mol. The van der Waals surface area contributed by atoms with E-state index >= 15 is 0 Å². The number of pyridine rings is 1. The third-order valence-electron chi connectivity index (χ3n) is 4.09. The highest BCUT2D eigenvalue weighted by atomic mass is 16.5. The van der Waals surface area contributed by atoms with Crippen LogP contribution in [0.3, 0.4) is 0 Å². The average molecular weight is 301 g/mol. The fourth-order valence-corrected chi connectivity index (χ4v) is 2.80. The third-order valence-corrected chi connectivity index (χ3v) is 4.09. The van der Waals surface area contributed by atoms with E-state index in [-0.39, 0.29) is 0 Å². The standard InChI is InChI=1S/C16H23N5O/c1-2-21-16(18-13-19-21)11-20-9-6-15(7-10-20)22-12-14-5-3-4-8-17-14/h3-5,8,13,15H,2,6-7,9-12H2,1H3. The number of likely N-dealkylation sites (tertiary alicyclic amines) is 1. The van der Waals surface area contributed by atoms with Crippen molar-refractivity contribution < 1.29 is 4.74 Å². The number of piperidine rings is 1. The Bertz CT molecular complexity index is 563. The molecular formula is C16H23N5O. The first-order chi connectivity index (χ1) is 10.8. The molecule has 22 heavy (non-hydrogen) atoms. The van der Waals surface area contributed by atoms with Crippen molar-refractivity contribution in [3.05, 3.63) is 42.2 Å². The molecule has 2 aromatic rings. The summed E-state index contributed by atoms with van der Waals surface area (Å²) in [7, 11) is 0. The molecule has 3 heterocycles. The van der Waals surface area contributed by atoms with Crippen LogP contribution in [0.2, 0.25) is 0 Å². The molecule has 0 N–H and O–H groups in total. The summed E-state index contributed by atoms with van der Waals surface area (Å²) in [5, 5.41) is 4.23. The second-order valence-electron chi connectivity index (χ2n) is 5.60. The molecule has 118 valence electrons. The first-order valence-corrected chi connectivity index (χ1v) is 7.95. The van der Waals surface area contributed by atoms with Gasteiger partial charge in [0.1, 0.15) is 12.2 Å². The highest BCUT2D eigenvalue weighted by molar-refractivity contribution is 5.02. The van der Waals surface area contributed by atoms with Gasteiger partial charge in [-0.1, -0.05) is 6.07 Å². The van der Waals surface area contributed by atoms with Crippen molar-refractivity contribution in [2.45, 2.75) is 45.6 Å². The van der Waals surface area contributed by atoms with Gasteiger partial charge < -0.3 is 4.74 Å². The predicted molar refractivity (Wildman–Crippen MR) is 83.0 cm³/mol. The minimum absolute atomic E-state index is 0.335. The van der Waals surface area contributed by atoms with Gasteiger partial charge in [0.05, 0.1) is 24.9 Å². The zero-order chi connectivity index (χ0) is 15.2. The molecule has 2 aromatic heterocycles. The minimum Gasteiger partial charge on any atom is -0.372 e. The van der Waals surface area contributed by atoms with Gasteiger partial charge in [-0.3, -0.25) is 9.88 Å². The van der Waals surface area contributed by atoms with Gasteiger partial charge in [-0.15, -0.1) is 0 Å². The second-order valence-corrected chi connectivity index (χ2v) is 5.60. The fraction of sp³-hybridized carbons (Fsp3) is 0.562. The molecule has 0 saturated carbocycles. The number of hydrogen-bond donors (Lipinski definition) is 0. The highest BCUT2D eigenvalue weighted by Gasteiger charge is 2.21. The van der Waals surface area contributed by atoms with Crippen LogP contribution >= 0.6 is 0 Å². The zero-order valence-electron chi connectivity index (χ0n) is 13.1. The molecule has 3 rings (SSSR count). The van der Waals surface area contributed by atoms with Crippen LogP contribution in [-0.2, 0) is 24.4 Å². The van der Waals surface area contributed by atoms with Gasteiger partial charge in [-0.05, 0) is 31.9 Å². The van der Waals surface area contributed by atoms with Crippen molar-refractivity contribution in [3.63, 3.8) is 0 Å². The van der Waals surface area contributed by atoms with Crippen LogP contribution in [0.1, 0.15) is 31.3 Å². The van der Waals surface area contributed by atoms with Crippen LogP contribution in [0.25, 0.3) is 0 Å². The van der Waals surface area contributed by atoms with E-state index in [0.717, 1.165) is 50.5 Å². The van der Waals surface area contributed by atoms with Crippen molar-refractivity contribution in [2.24, 2.45) is 0 Å². The number of rotatable bonds is 6. The Balaban J connectivity index is 1.42. The summed E-state index contributed by atoms with van der Waals surface area (Å²) < 4.78 is 7.94. The Hall–Kier alpha value is -1.79. The van der Waals surface area contributed by atoms with Crippen LogP contribution in [0, 0.1) is 0 Å². The van der Waals surface area contributed by atoms with Gasteiger partial charge in [0.15, 0.2) is 0 Å². The van der Waals surface area contributed by atoms with Crippen molar-refractivity contribution in [1.29, 1.82) is 0 Å². The van der Waals surface area contributed by atoms with Crippen molar-refractivity contribution in [1.82, 2.24) is 24.6 Å². The summed E-state index contributed by atoms with van der Waals surface area (Å²) in [5.41, 5.74) is 1.00. The number of hydrogen-bond acceptors (Lipinski definition) is 5. The fourth-order valence-electron chi connectivity index (χ4n) is 2.80. The topological polar surface area (TPSA) is 56.1 Å².